The fraction of sp³-hybridized carbons (Fsp3) is 0.150. The first-order valence-electron chi connectivity index (χ1n) is 9.03. The van der Waals surface area contributed by atoms with Crippen LogP contribution in [0.25, 0.3) is 27.3 Å². The number of carbonyl (C=O) groups excluding carboxylic acids is 1. The average molecular weight is 439 g/mol. The third-order valence-corrected chi connectivity index (χ3v) is 6.17. The summed E-state index contributed by atoms with van der Waals surface area (Å²) in [6.07, 6.45) is 5.01. The van der Waals surface area contributed by atoms with E-state index in [4.69, 9.17) is 21.3 Å². The Hall–Kier alpha value is -3.30. The first-order chi connectivity index (χ1) is 14.5. The van der Waals surface area contributed by atoms with Crippen LogP contribution in [0.2, 0.25) is 5.02 Å². The van der Waals surface area contributed by atoms with Crippen LogP contribution in [0.3, 0.4) is 0 Å². The molecular weight excluding hydrogens is 424 g/mol. The molecule has 8 nitrogen and oxygen atoms in total. The van der Waals surface area contributed by atoms with E-state index in [1.165, 1.54) is 18.4 Å². The largest absolute Gasteiger partial charge is 0.465 e. The van der Waals surface area contributed by atoms with Gasteiger partial charge in [0.25, 0.3) is 0 Å². The summed E-state index contributed by atoms with van der Waals surface area (Å²) >= 11 is 7.21. The maximum Gasteiger partial charge on any atom is 0.348 e. The smallest absolute Gasteiger partial charge is 0.348 e. The van der Waals surface area contributed by atoms with Gasteiger partial charge in [-0.25, -0.2) is 19.3 Å². The number of hydrogen-bond acceptors (Lipinski definition) is 7. The molecule has 0 unspecified atom stereocenters. The minimum absolute atomic E-state index is 0.373. The molecule has 0 spiro atoms. The number of fused-ring (bicyclic) bond motifs is 3. The predicted octanol–water partition coefficient (Wildman–Crippen LogP) is 4.00. The molecule has 0 radical (unpaired) electrons. The molecule has 10 heteroatoms. The minimum atomic E-state index is -0.373. The van der Waals surface area contributed by atoms with Crippen LogP contribution >= 0.6 is 22.9 Å². The normalized spacial score (nSPS) is 11.4. The van der Waals surface area contributed by atoms with Gasteiger partial charge in [-0.1, -0.05) is 35.9 Å². The van der Waals surface area contributed by atoms with Crippen LogP contribution in [0.5, 0.6) is 0 Å². The second-order valence-electron chi connectivity index (χ2n) is 6.73. The van der Waals surface area contributed by atoms with Crippen LogP contribution in [0.1, 0.15) is 20.8 Å². The number of aryl methyl sites for hydroxylation is 1. The van der Waals surface area contributed by atoms with Crippen molar-refractivity contribution in [2.24, 2.45) is 0 Å². The molecule has 0 N–H and O–H groups in total. The van der Waals surface area contributed by atoms with E-state index >= 15 is 0 Å². The molecule has 0 aliphatic carbocycles. The molecule has 4 aromatic heterocycles. The summed E-state index contributed by atoms with van der Waals surface area (Å²) in [5, 5.41) is 10.2. The summed E-state index contributed by atoms with van der Waals surface area (Å²) in [7, 11) is 1.37. The summed E-state index contributed by atoms with van der Waals surface area (Å²) in [4.78, 5) is 22.4. The molecular formula is C20H15ClN6O2S. The van der Waals surface area contributed by atoms with Crippen molar-refractivity contribution in [3.63, 3.8) is 0 Å². The van der Waals surface area contributed by atoms with Crippen LogP contribution in [0, 0.1) is 6.92 Å². The second-order valence-corrected chi connectivity index (χ2v) is 8.16. The number of hydrogen-bond donors (Lipinski definition) is 0. The molecule has 0 saturated heterocycles. The maximum absolute atomic E-state index is 12.0. The van der Waals surface area contributed by atoms with E-state index in [-0.39, 0.29) is 5.97 Å². The fourth-order valence-electron chi connectivity index (χ4n) is 3.31. The van der Waals surface area contributed by atoms with E-state index in [9.17, 15) is 4.79 Å². The van der Waals surface area contributed by atoms with E-state index in [1.54, 1.807) is 27.9 Å². The van der Waals surface area contributed by atoms with Crippen molar-refractivity contribution in [3.8, 4) is 11.4 Å². The van der Waals surface area contributed by atoms with E-state index in [0.717, 1.165) is 26.9 Å². The molecule has 150 valence electrons. The van der Waals surface area contributed by atoms with Crippen molar-refractivity contribution in [3.05, 3.63) is 64.0 Å². The molecule has 1 aromatic carbocycles. The van der Waals surface area contributed by atoms with Gasteiger partial charge in [0.2, 0.25) is 0 Å². The van der Waals surface area contributed by atoms with Crippen molar-refractivity contribution in [1.82, 2.24) is 29.4 Å². The van der Waals surface area contributed by atoms with Crippen LogP contribution in [-0.2, 0) is 11.3 Å². The number of aromatic nitrogens is 6. The number of esters is 1. The Morgan fingerprint density at radius 1 is 1.27 bits per heavy atom. The molecule has 0 fully saturated rings. The Morgan fingerprint density at radius 3 is 2.77 bits per heavy atom. The highest BCUT2D eigenvalue weighted by molar-refractivity contribution is 7.20. The number of thiophene rings is 1. The van der Waals surface area contributed by atoms with Gasteiger partial charge in [0.1, 0.15) is 16.0 Å². The summed E-state index contributed by atoms with van der Waals surface area (Å²) in [6, 6.07) is 7.96. The zero-order valence-electron chi connectivity index (χ0n) is 16.0. The van der Waals surface area contributed by atoms with Gasteiger partial charge in [0.05, 0.1) is 30.3 Å². The van der Waals surface area contributed by atoms with E-state index in [0.29, 0.717) is 27.9 Å². The maximum atomic E-state index is 12.0. The van der Waals surface area contributed by atoms with Gasteiger partial charge in [-0.15, -0.1) is 16.4 Å². The Balaban J connectivity index is 1.52. The first kappa shape index (κ1) is 18.7. The second kappa shape index (κ2) is 7.19. The van der Waals surface area contributed by atoms with Crippen LogP contribution < -0.4 is 0 Å². The first-order valence-corrected chi connectivity index (χ1v) is 10.2. The molecule has 30 heavy (non-hydrogen) atoms. The van der Waals surface area contributed by atoms with Gasteiger partial charge in [-0.3, -0.25) is 4.68 Å². The lowest BCUT2D eigenvalue weighted by molar-refractivity contribution is 0.0605. The Labute approximate surface area is 179 Å². The zero-order chi connectivity index (χ0) is 20.8. The van der Waals surface area contributed by atoms with Gasteiger partial charge in [-0.05, 0) is 18.1 Å². The Morgan fingerprint density at radius 2 is 2.07 bits per heavy atom. The number of carbonyl (C=O) groups is 1. The molecule has 5 aromatic rings. The number of rotatable bonds is 4. The lowest BCUT2D eigenvalue weighted by Gasteiger charge is -2.02. The third kappa shape index (κ3) is 3.12. The summed E-state index contributed by atoms with van der Waals surface area (Å²) in [5.74, 6) is 0.214. The molecule has 0 atom stereocenters. The van der Waals surface area contributed by atoms with Gasteiger partial charge < -0.3 is 4.74 Å². The summed E-state index contributed by atoms with van der Waals surface area (Å²) in [6.45, 7) is 2.50. The van der Waals surface area contributed by atoms with Gasteiger partial charge >= 0.3 is 5.97 Å². The standard InChI is InChI=1S/C20H15ClN6O2S/c1-11-15-18-24-17(25-27(18)10-22-19(15)30-16(11)20(28)29-2)13-5-3-12(4-6-13)8-26-9-14(21)7-23-26/h3-7,9-10H,8H2,1-2H3. The van der Waals surface area contributed by atoms with Gasteiger partial charge in [0, 0.05) is 11.8 Å². The van der Waals surface area contributed by atoms with E-state index in [1.807, 2.05) is 31.2 Å². The average Bonchev–Trinajstić information content (AvgIpc) is 3.45. The van der Waals surface area contributed by atoms with E-state index in [2.05, 4.69) is 15.2 Å². The molecule has 0 aliphatic heterocycles. The molecule has 4 heterocycles. The van der Waals surface area contributed by atoms with Crippen molar-refractivity contribution in [1.29, 1.82) is 0 Å². The zero-order valence-corrected chi connectivity index (χ0v) is 17.6. The molecule has 0 aliphatic rings. The minimum Gasteiger partial charge on any atom is -0.465 e. The Kier molecular flexibility index (Phi) is 4.48. The summed E-state index contributed by atoms with van der Waals surface area (Å²) in [5.41, 5.74) is 3.43. The van der Waals surface area contributed by atoms with E-state index < -0.39 is 0 Å². The highest BCUT2D eigenvalue weighted by Crippen LogP contribution is 2.32. The number of methoxy groups -OCH3 is 1. The van der Waals surface area contributed by atoms with Crippen molar-refractivity contribution in [2.45, 2.75) is 13.5 Å². The monoisotopic (exact) mass is 438 g/mol. The van der Waals surface area contributed by atoms with Crippen molar-refractivity contribution in [2.75, 3.05) is 7.11 Å². The molecule has 0 saturated carbocycles. The third-order valence-electron chi connectivity index (χ3n) is 4.80. The predicted molar refractivity (Wildman–Crippen MR) is 114 cm³/mol. The Bertz CT molecular complexity index is 1400. The quantitative estimate of drug-likeness (QED) is 0.394. The lowest BCUT2D eigenvalue weighted by atomic mass is 10.1. The SMILES string of the molecule is COC(=O)c1sc2ncn3nc(-c4ccc(Cn5cc(Cl)cn5)cc4)nc3c2c1C. The molecule has 0 amide bonds. The highest BCUT2D eigenvalue weighted by atomic mass is 35.5. The number of halogens is 1. The fourth-order valence-corrected chi connectivity index (χ4v) is 4.53. The number of benzene rings is 1. The van der Waals surface area contributed by atoms with Crippen LogP contribution in [0.15, 0.2) is 43.0 Å². The van der Waals surface area contributed by atoms with Crippen LogP contribution in [-0.4, -0.2) is 42.4 Å². The molecule has 0 bridgehead atoms. The number of nitrogens with zero attached hydrogens (tertiary/aromatic N) is 6. The highest BCUT2D eigenvalue weighted by Gasteiger charge is 2.20. The number of ether oxygens (including phenoxy) is 1. The van der Waals surface area contributed by atoms with Crippen LogP contribution in [0.4, 0.5) is 0 Å². The van der Waals surface area contributed by atoms with Crippen molar-refractivity contribution < 1.29 is 9.53 Å². The summed E-state index contributed by atoms with van der Waals surface area (Å²) < 4.78 is 8.29. The van der Waals surface area contributed by atoms with Gasteiger partial charge in [-0.2, -0.15) is 5.10 Å². The van der Waals surface area contributed by atoms with Gasteiger partial charge in [0.15, 0.2) is 11.5 Å². The topological polar surface area (TPSA) is 87.2 Å². The lowest BCUT2D eigenvalue weighted by Crippen LogP contribution is -1.99. The van der Waals surface area contributed by atoms with Crippen molar-refractivity contribution >= 4 is 44.8 Å². The molecule has 5 rings (SSSR count).